The van der Waals surface area contributed by atoms with E-state index in [9.17, 15) is 22.4 Å². The Bertz CT molecular complexity index is 1380. The minimum atomic E-state index is -3.76. The van der Waals surface area contributed by atoms with Crippen molar-refractivity contribution in [3.63, 3.8) is 0 Å². The van der Waals surface area contributed by atoms with Crippen molar-refractivity contribution in [1.29, 1.82) is 0 Å². The molecule has 1 aromatic heterocycles. The highest BCUT2D eigenvalue weighted by Gasteiger charge is 2.45. The summed E-state index contributed by atoms with van der Waals surface area (Å²) in [5, 5.41) is 5.30. The molecular formula is C27H27FN4O4S. The molecule has 3 aliphatic carbocycles. The Morgan fingerprint density at radius 2 is 1.70 bits per heavy atom. The van der Waals surface area contributed by atoms with Crippen molar-refractivity contribution in [2.24, 2.45) is 11.8 Å². The fourth-order valence-electron chi connectivity index (χ4n) is 5.01. The van der Waals surface area contributed by atoms with Gasteiger partial charge in [0.05, 0.1) is 11.9 Å². The zero-order chi connectivity index (χ0) is 26.0. The maximum atomic E-state index is 13.2. The van der Waals surface area contributed by atoms with Crippen molar-refractivity contribution in [3.05, 3.63) is 89.9 Å². The van der Waals surface area contributed by atoms with Crippen LogP contribution in [-0.4, -0.2) is 37.3 Å². The van der Waals surface area contributed by atoms with Crippen LogP contribution in [0.3, 0.4) is 0 Å². The summed E-state index contributed by atoms with van der Waals surface area (Å²) in [4.78, 5) is 29.9. The molecule has 3 aliphatic rings. The second-order valence-corrected chi connectivity index (χ2v) is 11.3. The van der Waals surface area contributed by atoms with Crippen LogP contribution in [-0.2, 0) is 21.2 Å². The first-order valence-electron chi connectivity index (χ1n) is 12.2. The maximum absolute atomic E-state index is 13.2. The maximum Gasteiger partial charge on any atom is 0.258 e. The van der Waals surface area contributed by atoms with Gasteiger partial charge in [-0.25, -0.2) is 22.5 Å². The minimum absolute atomic E-state index is 0.0420. The van der Waals surface area contributed by atoms with E-state index in [4.69, 9.17) is 0 Å². The molecule has 3 saturated carbocycles. The molecule has 8 nitrogen and oxygen atoms in total. The van der Waals surface area contributed by atoms with Gasteiger partial charge in [-0.1, -0.05) is 30.3 Å². The Balaban J connectivity index is 1.27. The molecule has 2 bridgehead atoms. The van der Waals surface area contributed by atoms with E-state index in [1.54, 1.807) is 0 Å². The number of halogens is 1. The molecule has 192 valence electrons. The molecule has 1 unspecified atom stereocenters. The number of anilines is 1. The van der Waals surface area contributed by atoms with Crippen LogP contribution in [0.1, 0.15) is 35.2 Å². The van der Waals surface area contributed by atoms with Crippen LogP contribution in [0, 0.1) is 17.7 Å². The topological polar surface area (TPSA) is 117 Å². The van der Waals surface area contributed by atoms with Crippen molar-refractivity contribution in [1.82, 2.24) is 15.0 Å². The monoisotopic (exact) mass is 522 g/mol. The van der Waals surface area contributed by atoms with Crippen LogP contribution in [0.25, 0.3) is 0 Å². The van der Waals surface area contributed by atoms with Gasteiger partial charge in [-0.3, -0.25) is 9.59 Å². The summed E-state index contributed by atoms with van der Waals surface area (Å²) in [6.45, 7) is 0. The van der Waals surface area contributed by atoms with Gasteiger partial charge >= 0.3 is 0 Å². The molecule has 37 heavy (non-hydrogen) atoms. The molecule has 0 radical (unpaired) electrons. The largest absolute Gasteiger partial charge is 0.340 e. The molecule has 2 atom stereocenters. The van der Waals surface area contributed by atoms with E-state index in [1.165, 1.54) is 42.6 Å². The number of hydrogen-bond acceptors (Lipinski definition) is 5. The second-order valence-electron chi connectivity index (χ2n) is 9.66. The Hall–Kier alpha value is -3.63. The number of carbonyl (C=O) groups excluding carboxylic acids is 2. The van der Waals surface area contributed by atoms with E-state index in [0.717, 1.165) is 24.8 Å². The summed E-state index contributed by atoms with van der Waals surface area (Å²) in [6.07, 6.45) is 4.51. The Kier molecular flexibility index (Phi) is 7.03. The summed E-state index contributed by atoms with van der Waals surface area (Å²) in [7, 11) is -3.76. The lowest BCUT2D eigenvalue weighted by atomic mass is 9.84. The molecule has 3 fully saturated rings. The second kappa shape index (κ2) is 10.4. The van der Waals surface area contributed by atoms with E-state index in [2.05, 4.69) is 20.3 Å². The number of rotatable bonds is 9. The standard InChI is InChI=1S/C27H27FN4O4S/c28-21-8-6-19(7-9-21)26(33)31-24(14-17-4-2-1-3-5-17)27(34)30-22-10-11-25(29-16-22)37(35,36)32-23-15-18-12-20(23)13-18/h1-11,16,18,20,23-24,32H,12-15H2,(H,30,34)(H,31,33)/t18?,20?,23?,24-/m0/s1. The smallest absolute Gasteiger partial charge is 0.258 e. The van der Waals surface area contributed by atoms with Gasteiger partial charge in [0.25, 0.3) is 15.9 Å². The van der Waals surface area contributed by atoms with Gasteiger partial charge in [-0.15, -0.1) is 0 Å². The third kappa shape index (κ3) is 5.86. The van der Waals surface area contributed by atoms with Crippen LogP contribution >= 0.6 is 0 Å². The number of amides is 2. The van der Waals surface area contributed by atoms with Gasteiger partial charge in [0.1, 0.15) is 11.9 Å². The molecular weight excluding hydrogens is 495 g/mol. The SMILES string of the molecule is O=C(N[C@@H](Cc1ccccc1)C(=O)Nc1ccc(S(=O)(=O)NC2CC3CC2C3)nc1)c1ccc(F)cc1. The highest BCUT2D eigenvalue weighted by Crippen LogP contribution is 2.48. The van der Waals surface area contributed by atoms with Crippen molar-refractivity contribution < 1.29 is 22.4 Å². The molecule has 0 saturated heterocycles. The molecule has 3 N–H and O–H groups in total. The fraction of sp³-hybridized carbons (Fsp3) is 0.296. The fourth-order valence-corrected chi connectivity index (χ4v) is 6.25. The lowest BCUT2D eigenvalue weighted by Gasteiger charge is -2.24. The summed E-state index contributed by atoms with van der Waals surface area (Å²) in [5.41, 5.74) is 1.34. The number of benzene rings is 2. The number of nitrogens with one attached hydrogen (secondary N) is 3. The van der Waals surface area contributed by atoms with Gasteiger partial charge in [0, 0.05) is 18.0 Å². The minimum Gasteiger partial charge on any atom is -0.340 e. The Morgan fingerprint density at radius 3 is 2.32 bits per heavy atom. The zero-order valence-corrected chi connectivity index (χ0v) is 20.7. The quantitative estimate of drug-likeness (QED) is 0.399. The van der Waals surface area contributed by atoms with Crippen molar-refractivity contribution in [3.8, 4) is 0 Å². The van der Waals surface area contributed by atoms with E-state index < -0.39 is 33.7 Å². The third-order valence-electron chi connectivity index (χ3n) is 7.03. The van der Waals surface area contributed by atoms with Gasteiger partial charge in [0.15, 0.2) is 5.03 Å². The van der Waals surface area contributed by atoms with Crippen LogP contribution in [0.4, 0.5) is 10.1 Å². The van der Waals surface area contributed by atoms with Gasteiger partial charge in [-0.05, 0) is 73.1 Å². The van der Waals surface area contributed by atoms with E-state index in [1.807, 2.05) is 30.3 Å². The lowest BCUT2D eigenvalue weighted by molar-refractivity contribution is -0.118. The highest BCUT2D eigenvalue weighted by molar-refractivity contribution is 7.89. The average Bonchev–Trinajstić information content (AvgIpc) is 3.44. The number of pyridine rings is 1. The number of hydrogen-bond donors (Lipinski definition) is 3. The number of fused-ring (bicyclic) bond motifs is 1. The van der Waals surface area contributed by atoms with Crippen molar-refractivity contribution in [2.75, 3.05) is 5.32 Å². The average molecular weight is 523 g/mol. The van der Waals surface area contributed by atoms with Gasteiger partial charge in [0.2, 0.25) is 5.91 Å². The first kappa shape index (κ1) is 25.0. The molecule has 2 aromatic carbocycles. The van der Waals surface area contributed by atoms with E-state index in [0.29, 0.717) is 17.5 Å². The lowest BCUT2D eigenvalue weighted by Crippen LogP contribution is -2.45. The van der Waals surface area contributed by atoms with E-state index >= 15 is 0 Å². The van der Waals surface area contributed by atoms with Crippen molar-refractivity contribution >= 4 is 27.5 Å². The van der Waals surface area contributed by atoms with Crippen molar-refractivity contribution in [2.45, 2.75) is 42.8 Å². The van der Waals surface area contributed by atoms with Gasteiger partial charge in [-0.2, -0.15) is 0 Å². The van der Waals surface area contributed by atoms with Crippen LogP contribution < -0.4 is 15.4 Å². The molecule has 10 heteroatoms. The van der Waals surface area contributed by atoms with Gasteiger partial charge < -0.3 is 10.6 Å². The summed E-state index contributed by atoms with van der Waals surface area (Å²) >= 11 is 0. The van der Waals surface area contributed by atoms with Crippen LogP contribution in [0.15, 0.2) is 78.0 Å². The van der Waals surface area contributed by atoms with Crippen LogP contribution in [0.5, 0.6) is 0 Å². The molecule has 2 amide bonds. The Morgan fingerprint density at radius 1 is 0.973 bits per heavy atom. The number of carbonyl (C=O) groups is 2. The Labute approximate surface area is 214 Å². The summed E-state index contributed by atoms with van der Waals surface area (Å²) < 4.78 is 41.5. The molecule has 6 rings (SSSR count). The van der Waals surface area contributed by atoms with Crippen LogP contribution in [0.2, 0.25) is 0 Å². The predicted molar refractivity (Wildman–Crippen MR) is 136 cm³/mol. The highest BCUT2D eigenvalue weighted by atomic mass is 32.2. The van der Waals surface area contributed by atoms with E-state index in [-0.39, 0.29) is 23.1 Å². The molecule has 3 aromatic rings. The molecule has 1 heterocycles. The number of nitrogens with zero attached hydrogens (tertiary/aromatic N) is 1. The number of sulfonamides is 1. The zero-order valence-electron chi connectivity index (χ0n) is 19.9. The number of aromatic nitrogens is 1. The summed E-state index contributed by atoms with van der Waals surface area (Å²) in [5.74, 6) is -0.462. The first-order valence-corrected chi connectivity index (χ1v) is 13.6. The molecule has 0 spiro atoms. The third-order valence-corrected chi connectivity index (χ3v) is 8.43. The summed E-state index contributed by atoms with van der Waals surface area (Å²) in [6, 6.07) is 16.0. The predicted octanol–water partition coefficient (Wildman–Crippen LogP) is 3.28. The molecule has 0 aliphatic heterocycles. The first-order chi connectivity index (χ1) is 17.8. The normalized spacial score (nSPS) is 21.1.